The smallest absolute Gasteiger partial charge is 0.325 e. The molecule has 2 aliphatic heterocycles. The molecule has 2 amide bonds. The largest absolute Gasteiger partial charge is 0.459 e. The third kappa shape index (κ3) is 5.43. The molecule has 4 rings (SSSR count). The van der Waals surface area contributed by atoms with Gasteiger partial charge in [-0.05, 0) is 37.5 Å². The third-order valence-corrected chi connectivity index (χ3v) is 6.14. The summed E-state index contributed by atoms with van der Waals surface area (Å²) in [5, 5.41) is 2.40. The number of carbonyl (C=O) groups is 4. The number of Topliss-reactive ketones (excluding diaryl/α,β-unsaturated/α-hetero) is 1. The van der Waals surface area contributed by atoms with Crippen LogP contribution >= 0.6 is 0 Å². The molecule has 0 bridgehead atoms. The highest BCUT2D eigenvalue weighted by molar-refractivity contribution is 6.20. The molecule has 1 atom stereocenters. The summed E-state index contributed by atoms with van der Waals surface area (Å²) in [4.78, 5) is 52.6. The van der Waals surface area contributed by atoms with Crippen molar-refractivity contribution in [2.45, 2.75) is 44.9 Å². The minimum atomic E-state index is -1.49. The fourth-order valence-electron chi connectivity index (χ4n) is 4.40. The summed E-state index contributed by atoms with van der Waals surface area (Å²) in [6.45, 7) is 5.47. The van der Waals surface area contributed by atoms with E-state index in [1.165, 1.54) is 0 Å². The zero-order valence-electron chi connectivity index (χ0n) is 20.2. The standard InChI is InChI=1S/C27H30N2O6/c1-26(2,3)35-22(31)14-28-24(32)23-21(30)13-27(16-34-17-27)29(25(23)33)15-18-9-11-20(12-10-18)19-7-5-4-6-8-19/h4-12,23H,13-17H2,1-3H3,(H,28,32). The molecule has 2 heterocycles. The van der Waals surface area contributed by atoms with Crippen LogP contribution in [0.25, 0.3) is 11.1 Å². The molecular formula is C27H30N2O6. The van der Waals surface area contributed by atoms with Crippen molar-refractivity contribution in [3.63, 3.8) is 0 Å². The van der Waals surface area contributed by atoms with Crippen LogP contribution in [0.4, 0.5) is 0 Å². The van der Waals surface area contributed by atoms with Crippen molar-refractivity contribution in [1.29, 1.82) is 0 Å². The molecule has 0 radical (unpaired) electrons. The topological polar surface area (TPSA) is 102 Å². The summed E-state index contributed by atoms with van der Waals surface area (Å²) >= 11 is 0. The number of benzene rings is 2. The highest BCUT2D eigenvalue weighted by Gasteiger charge is 2.56. The van der Waals surface area contributed by atoms with E-state index in [4.69, 9.17) is 9.47 Å². The molecule has 0 aliphatic carbocycles. The molecule has 2 aromatic carbocycles. The first-order chi connectivity index (χ1) is 16.6. The van der Waals surface area contributed by atoms with E-state index in [1.807, 2.05) is 54.6 Å². The van der Waals surface area contributed by atoms with E-state index in [0.29, 0.717) is 0 Å². The van der Waals surface area contributed by atoms with E-state index in [-0.39, 0.29) is 26.2 Å². The van der Waals surface area contributed by atoms with Crippen molar-refractivity contribution in [2.24, 2.45) is 5.92 Å². The molecule has 2 aliphatic rings. The number of piperidine rings is 1. The average molecular weight is 479 g/mol. The molecule has 8 nitrogen and oxygen atoms in total. The molecule has 8 heteroatoms. The molecule has 0 saturated carbocycles. The lowest BCUT2D eigenvalue weighted by molar-refractivity contribution is -0.188. The summed E-state index contributed by atoms with van der Waals surface area (Å²) in [5.41, 5.74) is 1.57. The lowest BCUT2D eigenvalue weighted by Gasteiger charge is -2.52. The third-order valence-electron chi connectivity index (χ3n) is 6.14. The van der Waals surface area contributed by atoms with Gasteiger partial charge in [0.2, 0.25) is 11.8 Å². The number of ether oxygens (including phenoxy) is 2. The van der Waals surface area contributed by atoms with Gasteiger partial charge in [-0.2, -0.15) is 0 Å². The number of ketones is 1. The second-order valence-corrected chi connectivity index (χ2v) is 10.1. The van der Waals surface area contributed by atoms with Crippen LogP contribution in [0.5, 0.6) is 0 Å². The lowest BCUT2D eigenvalue weighted by atomic mass is 9.78. The summed E-state index contributed by atoms with van der Waals surface area (Å²) in [5.74, 6) is -3.95. The minimum absolute atomic E-state index is 0.0331. The number of esters is 1. The Morgan fingerprint density at radius 1 is 1.03 bits per heavy atom. The Hall–Kier alpha value is -3.52. The van der Waals surface area contributed by atoms with Crippen LogP contribution in [0.2, 0.25) is 0 Å². The van der Waals surface area contributed by atoms with E-state index in [1.54, 1.807) is 25.7 Å². The van der Waals surface area contributed by atoms with Crippen molar-refractivity contribution in [3.05, 3.63) is 60.2 Å². The van der Waals surface area contributed by atoms with Gasteiger partial charge in [0.25, 0.3) is 0 Å². The molecule has 2 saturated heterocycles. The van der Waals surface area contributed by atoms with E-state index in [9.17, 15) is 19.2 Å². The molecule has 2 fully saturated rings. The van der Waals surface area contributed by atoms with E-state index < -0.39 is 47.2 Å². The van der Waals surface area contributed by atoms with Crippen LogP contribution < -0.4 is 5.32 Å². The zero-order chi connectivity index (χ0) is 25.2. The number of carbonyl (C=O) groups excluding carboxylic acids is 4. The fraction of sp³-hybridized carbons (Fsp3) is 0.407. The minimum Gasteiger partial charge on any atom is -0.459 e. The Labute approximate surface area is 204 Å². The maximum atomic E-state index is 13.4. The number of rotatable bonds is 6. The highest BCUT2D eigenvalue weighted by atomic mass is 16.6. The summed E-state index contributed by atoms with van der Waals surface area (Å²) in [6, 6.07) is 17.8. The van der Waals surface area contributed by atoms with Crippen LogP contribution in [0, 0.1) is 5.92 Å². The first-order valence-electron chi connectivity index (χ1n) is 11.6. The Kier molecular flexibility index (Phi) is 6.76. The van der Waals surface area contributed by atoms with Crippen molar-refractivity contribution >= 4 is 23.6 Å². The normalized spacial score (nSPS) is 19.3. The summed E-state index contributed by atoms with van der Waals surface area (Å²) in [7, 11) is 0. The number of nitrogens with zero attached hydrogens (tertiary/aromatic N) is 1. The van der Waals surface area contributed by atoms with Crippen LogP contribution in [0.15, 0.2) is 54.6 Å². The van der Waals surface area contributed by atoms with Gasteiger partial charge in [0.15, 0.2) is 11.7 Å². The van der Waals surface area contributed by atoms with Gasteiger partial charge >= 0.3 is 5.97 Å². The van der Waals surface area contributed by atoms with Crippen LogP contribution in [0.1, 0.15) is 32.8 Å². The zero-order valence-corrected chi connectivity index (χ0v) is 20.2. The molecule has 184 valence electrons. The maximum Gasteiger partial charge on any atom is 0.325 e. The van der Waals surface area contributed by atoms with Gasteiger partial charge in [-0.1, -0.05) is 54.6 Å². The van der Waals surface area contributed by atoms with Gasteiger partial charge in [0.05, 0.1) is 18.8 Å². The Morgan fingerprint density at radius 2 is 1.66 bits per heavy atom. The molecule has 1 unspecified atom stereocenters. The van der Waals surface area contributed by atoms with Crippen molar-refractivity contribution in [2.75, 3.05) is 19.8 Å². The SMILES string of the molecule is CC(C)(C)OC(=O)CNC(=O)C1C(=O)CC2(COC2)N(Cc2ccc(-c3ccccc3)cc2)C1=O. The van der Waals surface area contributed by atoms with Crippen molar-refractivity contribution < 1.29 is 28.7 Å². The van der Waals surface area contributed by atoms with Gasteiger partial charge < -0.3 is 19.7 Å². The number of likely N-dealkylation sites (tertiary alicyclic amines) is 1. The molecule has 0 aromatic heterocycles. The van der Waals surface area contributed by atoms with Crippen LogP contribution in [-0.2, 0) is 35.2 Å². The number of nitrogens with one attached hydrogen (secondary N) is 1. The second kappa shape index (κ2) is 9.62. The van der Waals surface area contributed by atoms with Gasteiger partial charge in [0.1, 0.15) is 12.1 Å². The Bertz CT molecular complexity index is 1120. The van der Waals surface area contributed by atoms with Gasteiger partial charge in [0, 0.05) is 13.0 Å². The van der Waals surface area contributed by atoms with Crippen molar-refractivity contribution in [1.82, 2.24) is 10.2 Å². The number of hydrogen-bond donors (Lipinski definition) is 1. The number of hydrogen-bond acceptors (Lipinski definition) is 6. The maximum absolute atomic E-state index is 13.4. The Balaban J connectivity index is 1.48. The molecule has 2 aromatic rings. The lowest BCUT2D eigenvalue weighted by Crippen LogP contribution is -2.70. The molecule has 1 spiro atoms. The average Bonchev–Trinajstić information content (AvgIpc) is 2.78. The van der Waals surface area contributed by atoms with E-state index in [2.05, 4.69) is 5.32 Å². The summed E-state index contributed by atoms with van der Waals surface area (Å²) < 4.78 is 10.6. The summed E-state index contributed by atoms with van der Waals surface area (Å²) in [6.07, 6.45) is 0.0331. The first kappa shape index (κ1) is 24.6. The van der Waals surface area contributed by atoms with E-state index >= 15 is 0 Å². The second-order valence-electron chi connectivity index (χ2n) is 10.1. The predicted octanol–water partition coefficient (Wildman–Crippen LogP) is 2.50. The fourth-order valence-corrected chi connectivity index (χ4v) is 4.40. The van der Waals surface area contributed by atoms with Gasteiger partial charge in [-0.15, -0.1) is 0 Å². The Morgan fingerprint density at radius 3 is 2.23 bits per heavy atom. The number of amides is 2. The van der Waals surface area contributed by atoms with E-state index in [0.717, 1.165) is 16.7 Å². The quantitative estimate of drug-likeness (QED) is 0.506. The highest BCUT2D eigenvalue weighted by Crippen LogP contribution is 2.37. The van der Waals surface area contributed by atoms with Crippen LogP contribution in [-0.4, -0.2) is 59.4 Å². The van der Waals surface area contributed by atoms with Crippen molar-refractivity contribution in [3.8, 4) is 11.1 Å². The molecule has 1 N–H and O–H groups in total. The van der Waals surface area contributed by atoms with Crippen LogP contribution in [0.3, 0.4) is 0 Å². The van der Waals surface area contributed by atoms with Gasteiger partial charge in [-0.25, -0.2) is 0 Å². The van der Waals surface area contributed by atoms with Gasteiger partial charge in [-0.3, -0.25) is 19.2 Å². The molecule has 35 heavy (non-hydrogen) atoms. The first-order valence-corrected chi connectivity index (χ1v) is 11.6. The molecular weight excluding hydrogens is 448 g/mol. The monoisotopic (exact) mass is 478 g/mol. The predicted molar refractivity (Wildman–Crippen MR) is 128 cm³/mol.